The van der Waals surface area contributed by atoms with Crippen LogP contribution in [0.1, 0.15) is 24.0 Å². The topological polar surface area (TPSA) is 129 Å². The molecular formula is C25H24O9. The first-order valence-corrected chi connectivity index (χ1v) is 10.3. The second-order valence-electron chi connectivity index (χ2n) is 7.35. The van der Waals surface area contributed by atoms with Gasteiger partial charge in [0.15, 0.2) is 42.0 Å². The van der Waals surface area contributed by atoms with Gasteiger partial charge in [0.1, 0.15) is 0 Å². The predicted molar refractivity (Wildman–Crippen MR) is 122 cm³/mol. The predicted octanol–water partition coefficient (Wildman–Crippen LogP) is 3.46. The number of carboxylic acids is 2. The van der Waals surface area contributed by atoms with Crippen molar-refractivity contribution in [1.82, 2.24) is 0 Å². The molecule has 1 saturated carbocycles. The van der Waals surface area contributed by atoms with Crippen LogP contribution in [0.4, 0.5) is 0 Å². The second-order valence-corrected chi connectivity index (χ2v) is 7.35. The summed E-state index contributed by atoms with van der Waals surface area (Å²) in [5, 5.41) is 17.6. The standard InChI is InChI=1S/C25H24O9/c1-31-21-11-15(3-7-19(21)33-13-23(26)27)9-17-5-6-18(25(17)30)10-16-4-8-20(22(12-16)32-2)34-14-24(28)29/h3-4,7-12H,5-6,13-14H2,1-2H3,(H,26,27)(H,28,29)/b17-9+,18-10+. The Hall–Kier alpha value is -4.27. The monoisotopic (exact) mass is 468 g/mol. The number of Topliss-reactive ketones (excluding diaryl/α,β-unsaturated/α-hetero) is 1. The zero-order valence-corrected chi connectivity index (χ0v) is 18.7. The fourth-order valence-electron chi connectivity index (χ4n) is 3.45. The third kappa shape index (κ3) is 6.16. The molecule has 1 aliphatic carbocycles. The van der Waals surface area contributed by atoms with Crippen molar-refractivity contribution in [3.63, 3.8) is 0 Å². The highest BCUT2D eigenvalue weighted by molar-refractivity contribution is 6.15. The first kappa shape index (κ1) is 24.4. The minimum absolute atomic E-state index is 0.0738. The number of ketones is 1. The molecule has 1 fully saturated rings. The van der Waals surface area contributed by atoms with Crippen molar-refractivity contribution in [2.45, 2.75) is 12.8 Å². The summed E-state index contributed by atoms with van der Waals surface area (Å²) in [6.45, 7) is -0.970. The lowest BCUT2D eigenvalue weighted by molar-refractivity contribution is -0.140. The molecule has 0 bridgehead atoms. The molecular weight excluding hydrogens is 444 g/mol. The molecule has 9 nitrogen and oxygen atoms in total. The SMILES string of the molecule is COc1cc(/C=C2\CC/C(=C\c3ccc(OCC(=O)O)c(OC)c3)C2=O)ccc1OCC(=O)O. The summed E-state index contributed by atoms with van der Waals surface area (Å²) in [4.78, 5) is 34.4. The maximum atomic E-state index is 12.9. The number of benzene rings is 2. The van der Waals surface area contributed by atoms with Gasteiger partial charge in [-0.25, -0.2) is 9.59 Å². The first-order valence-electron chi connectivity index (χ1n) is 10.3. The van der Waals surface area contributed by atoms with Gasteiger partial charge in [-0.05, 0) is 60.4 Å². The van der Waals surface area contributed by atoms with E-state index in [9.17, 15) is 14.4 Å². The molecule has 2 N–H and O–H groups in total. The zero-order valence-electron chi connectivity index (χ0n) is 18.7. The smallest absolute Gasteiger partial charge is 0.341 e. The highest BCUT2D eigenvalue weighted by atomic mass is 16.5. The largest absolute Gasteiger partial charge is 0.493 e. The normalized spacial score (nSPS) is 15.4. The molecule has 0 aliphatic heterocycles. The van der Waals surface area contributed by atoms with Crippen molar-refractivity contribution < 1.29 is 43.5 Å². The Morgan fingerprint density at radius 1 is 0.765 bits per heavy atom. The summed E-state index contributed by atoms with van der Waals surface area (Å²) in [5.74, 6) is -0.919. The van der Waals surface area contributed by atoms with E-state index >= 15 is 0 Å². The highest BCUT2D eigenvalue weighted by Crippen LogP contribution is 2.34. The van der Waals surface area contributed by atoms with Crippen molar-refractivity contribution >= 4 is 29.9 Å². The maximum absolute atomic E-state index is 12.9. The van der Waals surface area contributed by atoms with Gasteiger partial charge in [-0.1, -0.05) is 12.1 Å². The van der Waals surface area contributed by atoms with E-state index in [1.54, 1.807) is 48.6 Å². The van der Waals surface area contributed by atoms with Gasteiger partial charge in [0, 0.05) is 11.1 Å². The molecule has 1 aliphatic rings. The molecule has 9 heteroatoms. The number of aliphatic carboxylic acids is 2. The highest BCUT2D eigenvalue weighted by Gasteiger charge is 2.23. The Labute approximate surface area is 195 Å². The Morgan fingerprint density at radius 3 is 1.53 bits per heavy atom. The molecule has 0 aromatic heterocycles. The molecule has 3 rings (SSSR count). The Morgan fingerprint density at radius 2 is 1.18 bits per heavy atom. The summed E-state index contributed by atoms with van der Waals surface area (Å²) in [6, 6.07) is 10.0. The number of carbonyl (C=O) groups is 3. The van der Waals surface area contributed by atoms with Crippen molar-refractivity contribution in [2.24, 2.45) is 0 Å². The van der Waals surface area contributed by atoms with Crippen molar-refractivity contribution in [1.29, 1.82) is 0 Å². The molecule has 0 saturated heterocycles. The fourth-order valence-corrected chi connectivity index (χ4v) is 3.45. The fraction of sp³-hybridized carbons (Fsp3) is 0.240. The first-order chi connectivity index (χ1) is 16.3. The van der Waals surface area contributed by atoms with Crippen LogP contribution in [0.3, 0.4) is 0 Å². The van der Waals surface area contributed by atoms with Crippen LogP contribution in [0, 0.1) is 0 Å². The van der Waals surface area contributed by atoms with Gasteiger partial charge in [-0.15, -0.1) is 0 Å². The van der Waals surface area contributed by atoms with Crippen LogP contribution in [0.2, 0.25) is 0 Å². The van der Waals surface area contributed by atoms with Crippen LogP contribution in [0.15, 0.2) is 47.5 Å². The van der Waals surface area contributed by atoms with Crippen LogP contribution in [0.5, 0.6) is 23.0 Å². The molecule has 0 heterocycles. The third-order valence-electron chi connectivity index (χ3n) is 5.01. The molecule has 2 aromatic rings. The van der Waals surface area contributed by atoms with Crippen LogP contribution < -0.4 is 18.9 Å². The van der Waals surface area contributed by atoms with Gasteiger partial charge in [0.25, 0.3) is 0 Å². The Kier molecular flexibility index (Phi) is 7.92. The average molecular weight is 468 g/mol. The summed E-state index contributed by atoms with van der Waals surface area (Å²) in [6.07, 6.45) is 4.69. The summed E-state index contributed by atoms with van der Waals surface area (Å²) in [7, 11) is 2.90. The molecule has 0 unspecified atom stereocenters. The van der Waals surface area contributed by atoms with Gasteiger partial charge < -0.3 is 29.2 Å². The number of hydrogen-bond donors (Lipinski definition) is 2. The summed E-state index contributed by atoms with van der Waals surface area (Å²) >= 11 is 0. The van der Waals surface area contributed by atoms with E-state index in [0.717, 1.165) is 11.1 Å². The van der Waals surface area contributed by atoms with E-state index < -0.39 is 25.2 Å². The summed E-state index contributed by atoms with van der Waals surface area (Å²) < 4.78 is 21.0. The molecule has 0 spiro atoms. The van der Waals surface area contributed by atoms with Crippen molar-refractivity contribution in [3.05, 3.63) is 58.7 Å². The van der Waals surface area contributed by atoms with Crippen molar-refractivity contribution in [3.8, 4) is 23.0 Å². The minimum atomic E-state index is -1.09. The minimum Gasteiger partial charge on any atom is -0.493 e. The molecule has 34 heavy (non-hydrogen) atoms. The van der Waals surface area contributed by atoms with Gasteiger partial charge in [0.05, 0.1) is 14.2 Å². The van der Waals surface area contributed by atoms with E-state index in [4.69, 9.17) is 29.2 Å². The molecule has 178 valence electrons. The van der Waals surface area contributed by atoms with Crippen LogP contribution in [-0.4, -0.2) is 55.4 Å². The van der Waals surface area contributed by atoms with Gasteiger partial charge in [0.2, 0.25) is 0 Å². The third-order valence-corrected chi connectivity index (χ3v) is 5.01. The summed E-state index contributed by atoms with van der Waals surface area (Å²) in [5.41, 5.74) is 2.73. The molecule has 0 radical (unpaired) electrons. The molecule has 0 atom stereocenters. The van der Waals surface area contributed by atoms with E-state index in [1.807, 2.05) is 0 Å². The molecule has 0 amide bonds. The van der Waals surface area contributed by atoms with Crippen LogP contribution in [-0.2, 0) is 14.4 Å². The quantitative estimate of drug-likeness (QED) is 0.504. The van der Waals surface area contributed by atoms with E-state index in [0.29, 0.717) is 47.0 Å². The number of rotatable bonds is 10. The number of methoxy groups -OCH3 is 2. The Balaban J connectivity index is 1.77. The number of allylic oxidation sites excluding steroid dienone is 2. The number of hydrogen-bond acceptors (Lipinski definition) is 7. The zero-order chi connectivity index (χ0) is 24.7. The second kappa shape index (κ2) is 11.0. The van der Waals surface area contributed by atoms with E-state index in [2.05, 4.69) is 0 Å². The van der Waals surface area contributed by atoms with Crippen LogP contribution in [0.25, 0.3) is 12.2 Å². The van der Waals surface area contributed by atoms with Crippen molar-refractivity contribution in [2.75, 3.05) is 27.4 Å². The van der Waals surface area contributed by atoms with Gasteiger partial charge in [-0.3, -0.25) is 4.79 Å². The lowest BCUT2D eigenvalue weighted by Gasteiger charge is -2.10. The van der Waals surface area contributed by atoms with Gasteiger partial charge >= 0.3 is 11.9 Å². The van der Waals surface area contributed by atoms with Crippen LogP contribution >= 0.6 is 0 Å². The number of carbonyl (C=O) groups excluding carboxylic acids is 1. The average Bonchev–Trinajstić information content (AvgIpc) is 3.15. The number of carboxylic acid groups (broad SMARTS) is 2. The van der Waals surface area contributed by atoms with Gasteiger partial charge in [-0.2, -0.15) is 0 Å². The Bertz CT molecular complexity index is 1070. The maximum Gasteiger partial charge on any atom is 0.341 e. The van der Waals surface area contributed by atoms with E-state index in [1.165, 1.54) is 14.2 Å². The number of ether oxygens (including phenoxy) is 4. The lowest BCUT2D eigenvalue weighted by Crippen LogP contribution is -2.10. The lowest BCUT2D eigenvalue weighted by atomic mass is 10.1. The van der Waals surface area contributed by atoms with E-state index in [-0.39, 0.29) is 5.78 Å². The molecule has 2 aromatic carbocycles.